The van der Waals surface area contributed by atoms with Crippen LogP contribution in [0.15, 0.2) is 0 Å². The lowest BCUT2D eigenvalue weighted by Crippen LogP contribution is -2.46. The van der Waals surface area contributed by atoms with Gasteiger partial charge in [0.15, 0.2) is 0 Å². The standard InChI is InChI=1S/C11H23NO2/c1-10(2)3-5-12-6-8-14-9-11(12)4-7-13/h10-11,13H,3-9H2,1-2H3. The smallest absolute Gasteiger partial charge is 0.0623 e. The molecule has 0 aromatic carbocycles. The predicted octanol–water partition coefficient (Wildman–Crippen LogP) is 1.12. The van der Waals surface area contributed by atoms with E-state index in [1.165, 1.54) is 6.42 Å². The van der Waals surface area contributed by atoms with E-state index in [0.29, 0.717) is 6.04 Å². The van der Waals surface area contributed by atoms with Gasteiger partial charge in [-0.2, -0.15) is 0 Å². The quantitative estimate of drug-likeness (QED) is 0.723. The molecule has 3 nitrogen and oxygen atoms in total. The number of aliphatic hydroxyl groups excluding tert-OH is 1. The Kier molecular flexibility index (Phi) is 5.45. The molecule has 1 N–H and O–H groups in total. The van der Waals surface area contributed by atoms with Gasteiger partial charge < -0.3 is 9.84 Å². The maximum absolute atomic E-state index is 8.93. The number of ether oxygens (including phenoxy) is 1. The lowest BCUT2D eigenvalue weighted by Gasteiger charge is -2.35. The Labute approximate surface area is 87.1 Å². The third kappa shape index (κ3) is 3.95. The van der Waals surface area contributed by atoms with Gasteiger partial charge in [0.1, 0.15) is 0 Å². The van der Waals surface area contributed by atoms with E-state index in [2.05, 4.69) is 18.7 Å². The van der Waals surface area contributed by atoms with Gasteiger partial charge in [-0.25, -0.2) is 0 Å². The van der Waals surface area contributed by atoms with Gasteiger partial charge in [0, 0.05) is 19.2 Å². The fraction of sp³-hybridized carbons (Fsp3) is 1.00. The highest BCUT2D eigenvalue weighted by atomic mass is 16.5. The zero-order valence-corrected chi connectivity index (χ0v) is 9.41. The van der Waals surface area contributed by atoms with Crippen molar-refractivity contribution in [1.82, 2.24) is 4.90 Å². The van der Waals surface area contributed by atoms with Crippen LogP contribution >= 0.6 is 0 Å². The van der Waals surface area contributed by atoms with Gasteiger partial charge in [0.05, 0.1) is 13.2 Å². The number of rotatable bonds is 5. The minimum atomic E-state index is 0.270. The molecule has 1 unspecified atom stereocenters. The second-order valence-electron chi connectivity index (χ2n) is 4.46. The van der Waals surface area contributed by atoms with Crippen molar-refractivity contribution < 1.29 is 9.84 Å². The van der Waals surface area contributed by atoms with Gasteiger partial charge in [-0.05, 0) is 25.3 Å². The van der Waals surface area contributed by atoms with E-state index in [1.54, 1.807) is 0 Å². The zero-order valence-electron chi connectivity index (χ0n) is 9.41. The molecule has 1 aliphatic rings. The van der Waals surface area contributed by atoms with Gasteiger partial charge in [-0.15, -0.1) is 0 Å². The van der Waals surface area contributed by atoms with E-state index in [9.17, 15) is 0 Å². The van der Waals surface area contributed by atoms with E-state index in [-0.39, 0.29) is 6.61 Å². The highest BCUT2D eigenvalue weighted by Crippen LogP contribution is 2.12. The number of hydrogen-bond acceptors (Lipinski definition) is 3. The second-order valence-corrected chi connectivity index (χ2v) is 4.46. The Morgan fingerprint density at radius 2 is 2.29 bits per heavy atom. The molecule has 0 saturated carbocycles. The van der Waals surface area contributed by atoms with Crippen molar-refractivity contribution in [3.05, 3.63) is 0 Å². The van der Waals surface area contributed by atoms with Gasteiger partial charge >= 0.3 is 0 Å². The minimum absolute atomic E-state index is 0.270. The molecule has 84 valence electrons. The van der Waals surface area contributed by atoms with Crippen molar-refractivity contribution >= 4 is 0 Å². The molecule has 0 amide bonds. The van der Waals surface area contributed by atoms with Crippen LogP contribution in [0.2, 0.25) is 0 Å². The van der Waals surface area contributed by atoms with Crippen molar-refractivity contribution in [2.24, 2.45) is 5.92 Å². The molecule has 0 bridgehead atoms. The topological polar surface area (TPSA) is 32.7 Å². The first-order valence-electron chi connectivity index (χ1n) is 5.66. The van der Waals surface area contributed by atoms with Crippen LogP contribution < -0.4 is 0 Å². The molecule has 1 fully saturated rings. The molecule has 1 saturated heterocycles. The first-order valence-corrected chi connectivity index (χ1v) is 5.66. The molecular weight excluding hydrogens is 178 g/mol. The van der Waals surface area contributed by atoms with Crippen molar-refractivity contribution in [3.63, 3.8) is 0 Å². The summed E-state index contributed by atoms with van der Waals surface area (Å²) >= 11 is 0. The zero-order chi connectivity index (χ0) is 10.4. The molecule has 1 atom stereocenters. The average Bonchev–Trinajstić information content (AvgIpc) is 2.17. The fourth-order valence-corrected chi connectivity index (χ4v) is 1.82. The molecule has 0 radical (unpaired) electrons. The van der Waals surface area contributed by atoms with E-state index >= 15 is 0 Å². The van der Waals surface area contributed by atoms with Gasteiger partial charge in [-0.3, -0.25) is 4.90 Å². The Bertz CT molecular complexity index is 148. The van der Waals surface area contributed by atoms with Crippen LogP contribution in [-0.4, -0.2) is 49.0 Å². The molecule has 0 aliphatic carbocycles. The number of hydrogen-bond donors (Lipinski definition) is 1. The minimum Gasteiger partial charge on any atom is -0.396 e. The summed E-state index contributed by atoms with van der Waals surface area (Å²) in [4.78, 5) is 2.46. The fourth-order valence-electron chi connectivity index (χ4n) is 1.82. The van der Waals surface area contributed by atoms with Crippen LogP contribution in [0.1, 0.15) is 26.7 Å². The molecule has 1 rings (SSSR count). The molecular formula is C11H23NO2. The van der Waals surface area contributed by atoms with Crippen LogP contribution in [0.5, 0.6) is 0 Å². The highest BCUT2D eigenvalue weighted by Gasteiger charge is 2.21. The molecule has 3 heteroatoms. The number of morpholine rings is 1. The molecule has 0 spiro atoms. The van der Waals surface area contributed by atoms with Crippen LogP contribution in [0.25, 0.3) is 0 Å². The van der Waals surface area contributed by atoms with Crippen molar-refractivity contribution in [1.29, 1.82) is 0 Å². The Hall–Kier alpha value is -0.120. The van der Waals surface area contributed by atoms with Crippen molar-refractivity contribution in [2.45, 2.75) is 32.7 Å². The largest absolute Gasteiger partial charge is 0.396 e. The SMILES string of the molecule is CC(C)CCN1CCOCC1CCO. The second kappa shape index (κ2) is 6.38. The third-order valence-corrected chi connectivity index (χ3v) is 2.81. The number of nitrogens with zero attached hydrogens (tertiary/aromatic N) is 1. The summed E-state index contributed by atoms with van der Waals surface area (Å²) in [5, 5.41) is 8.93. The van der Waals surface area contributed by atoms with E-state index in [1.807, 2.05) is 0 Å². The summed E-state index contributed by atoms with van der Waals surface area (Å²) in [6, 6.07) is 0.437. The van der Waals surface area contributed by atoms with Crippen LogP contribution in [0.3, 0.4) is 0 Å². The first-order chi connectivity index (χ1) is 6.74. The lowest BCUT2D eigenvalue weighted by atomic mass is 10.1. The molecule has 0 aromatic heterocycles. The maximum atomic E-state index is 8.93. The molecule has 14 heavy (non-hydrogen) atoms. The Morgan fingerprint density at radius 3 is 2.93 bits per heavy atom. The van der Waals surface area contributed by atoms with Crippen LogP contribution in [0.4, 0.5) is 0 Å². The first kappa shape index (κ1) is 12.0. The lowest BCUT2D eigenvalue weighted by molar-refractivity contribution is -0.0170. The molecule has 1 aliphatic heterocycles. The van der Waals surface area contributed by atoms with Gasteiger partial charge in [-0.1, -0.05) is 13.8 Å². The van der Waals surface area contributed by atoms with Crippen LogP contribution in [-0.2, 0) is 4.74 Å². The average molecular weight is 201 g/mol. The molecule has 0 aromatic rings. The van der Waals surface area contributed by atoms with E-state index in [0.717, 1.165) is 38.6 Å². The summed E-state index contributed by atoms with van der Waals surface area (Å²) in [6.07, 6.45) is 2.08. The van der Waals surface area contributed by atoms with Crippen molar-refractivity contribution in [2.75, 3.05) is 32.9 Å². The normalized spacial score (nSPS) is 24.4. The maximum Gasteiger partial charge on any atom is 0.0623 e. The Morgan fingerprint density at radius 1 is 1.50 bits per heavy atom. The van der Waals surface area contributed by atoms with Crippen molar-refractivity contribution in [3.8, 4) is 0 Å². The van der Waals surface area contributed by atoms with Gasteiger partial charge in [0.25, 0.3) is 0 Å². The number of aliphatic hydroxyl groups is 1. The summed E-state index contributed by atoms with van der Waals surface area (Å²) in [7, 11) is 0. The Balaban J connectivity index is 2.30. The van der Waals surface area contributed by atoms with E-state index < -0.39 is 0 Å². The monoisotopic (exact) mass is 201 g/mol. The highest BCUT2D eigenvalue weighted by molar-refractivity contribution is 4.75. The molecule has 1 heterocycles. The summed E-state index contributed by atoms with van der Waals surface area (Å²) in [5.74, 6) is 0.757. The third-order valence-electron chi connectivity index (χ3n) is 2.81. The predicted molar refractivity (Wildman–Crippen MR) is 57.3 cm³/mol. The van der Waals surface area contributed by atoms with E-state index in [4.69, 9.17) is 9.84 Å². The summed E-state index contributed by atoms with van der Waals surface area (Å²) in [5.41, 5.74) is 0. The van der Waals surface area contributed by atoms with Crippen LogP contribution in [0, 0.1) is 5.92 Å². The summed E-state index contributed by atoms with van der Waals surface area (Å²) in [6.45, 7) is 8.58. The summed E-state index contributed by atoms with van der Waals surface area (Å²) < 4.78 is 5.42. The van der Waals surface area contributed by atoms with Gasteiger partial charge in [0.2, 0.25) is 0 Å².